The van der Waals surface area contributed by atoms with Gasteiger partial charge in [0.2, 0.25) is 5.91 Å². The van der Waals surface area contributed by atoms with E-state index in [0.29, 0.717) is 11.4 Å². The lowest BCUT2D eigenvalue weighted by molar-refractivity contribution is -0.385. The molecule has 0 unspecified atom stereocenters. The van der Waals surface area contributed by atoms with Gasteiger partial charge in [-0.1, -0.05) is 18.2 Å². The zero-order valence-corrected chi connectivity index (χ0v) is 12.6. The van der Waals surface area contributed by atoms with Crippen LogP contribution < -0.4 is 10.6 Å². The fourth-order valence-corrected chi connectivity index (χ4v) is 2.15. The number of benzene rings is 2. The van der Waals surface area contributed by atoms with E-state index in [-0.39, 0.29) is 22.7 Å². The highest BCUT2D eigenvalue weighted by molar-refractivity contribution is 6.08. The van der Waals surface area contributed by atoms with Gasteiger partial charge < -0.3 is 10.6 Å². The number of nitro groups is 1. The topological polar surface area (TPSA) is 101 Å². The second kappa shape index (κ2) is 6.69. The van der Waals surface area contributed by atoms with Crippen molar-refractivity contribution < 1.29 is 14.5 Å². The van der Waals surface area contributed by atoms with Crippen LogP contribution in [0.25, 0.3) is 0 Å². The van der Waals surface area contributed by atoms with E-state index in [1.807, 2.05) is 0 Å². The van der Waals surface area contributed by atoms with Gasteiger partial charge in [-0.2, -0.15) is 0 Å². The maximum absolute atomic E-state index is 12.4. The normalized spacial score (nSPS) is 10.0. The molecule has 0 bridgehead atoms. The zero-order valence-electron chi connectivity index (χ0n) is 12.6. The summed E-state index contributed by atoms with van der Waals surface area (Å²) in [5, 5.41) is 16.2. The van der Waals surface area contributed by atoms with Crippen molar-refractivity contribution >= 4 is 28.9 Å². The number of amides is 2. The zero-order chi connectivity index (χ0) is 17.0. The van der Waals surface area contributed by atoms with Gasteiger partial charge in [0, 0.05) is 24.1 Å². The van der Waals surface area contributed by atoms with Gasteiger partial charge in [-0.05, 0) is 25.1 Å². The minimum Gasteiger partial charge on any atom is -0.325 e. The molecule has 0 radical (unpaired) electrons. The number of nitro benzene ring substituents is 1. The summed E-state index contributed by atoms with van der Waals surface area (Å²) in [5.74, 6) is -0.748. The predicted molar refractivity (Wildman–Crippen MR) is 86.5 cm³/mol. The van der Waals surface area contributed by atoms with Crippen molar-refractivity contribution in [1.82, 2.24) is 0 Å². The van der Waals surface area contributed by atoms with E-state index in [2.05, 4.69) is 10.6 Å². The van der Waals surface area contributed by atoms with Crippen LogP contribution in [0, 0.1) is 17.0 Å². The van der Waals surface area contributed by atoms with E-state index in [4.69, 9.17) is 0 Å². The monoisotopic (exact) mass is 313 g/mol. The Labute approximate surface area is 132 Å². The summed E-state index contributed by atoms with van der Waals surface area (Å²) in [6, 6.07) is 11.0. The maximum Gasteiger partial charge on any atom is 0.273 e. The van der Waals surface area contributed by atoms with Gasteiger partial charge in [0.15, 0.2) is 0 Å². The third kappa shape index (κ3) is 3.70. The van der Waals surface area contributed by atoms with Gasteiger partial charge in [-0.25, -0.2) is 0 Å². The van der Waals surface area contributed by atoms with Crippen LogP contribution in [0.5, 0.6) is 0 Å². The average molecular weight is 313 g/mol. The lowest BCUT2D eigenvalue weighted by Crippen LogP contribution is -2.16. The number of carbonyl (C=O) groups is 2. The highest BCUT2D eigenvalue weighted by atomic mass is 16.6. The second-order valence-corrected chi connectivity index (χ2v) is 4.89. The number of nitrogens with zero attached hydrogens (tertiary/aromatic N) is 1. The van der Waals surface area contributed by atoms with E-state index in [1.54, 1.807) is 24.3 Å². The number of hydrogen-bond acceptors (Lipinski definition) is 4. The molecule has 7 heteroatoms. The lowest BCUT2D eigenvalue weighted by Gasteiger charge is -2.12. The molecule has 0 aliphatic rings. The first-order chi connectivity index (χ1) is 10.9. The molecule has 2 rings (SSSR count). The number of hydrogen-bond donors (Lipinski definition) is 2. The quantitative estimate of drug-likeness (QED) is 0.668. The molecule has 0 aliphatic carbocycles. The Balaban J connectivity index is 2.32. The largest absolute Gasteiger partial charge is 0.325 e. The van der Waals surface area contributed by atoms with Crippen LogP contribution in [0.2, 0.25) is 0 Å². The molecule has 0 saturated heterocycles. The molecule has 0 spiro atoms. The van der Waals surface area contributed by atoms with Gasteiger partial charge in [-0.15, -0.1) is 0 Å². The van der Waals surface area contributed by atoms with Gasteiger partial charge in [-0.3, -0.25) is 19.7 Å². The van der Waals surface area contributed by atoms with Crippen LogP contribution in [0.1, 0.15) is 22.8 Å². The molecule has 0 fully saturated rings. The van der Waals surface area contributed by atoms with E-state index in [9.17, 15) is 19.7 Å². The molecule has 0 saturated carbocycles. The fraction of sp³-hybridized carbons (Fsp3) is 0.125. The molecule has 0 atom stereocenters. The Kier molecular flexibility index (Phi) is 4.70. The summed E-state index contributed by atoms with van der Waals surface area (Å²) in [4.78, 5) is 34.0. The molecule has 23 heavy (non-hydrogen) atoms. The smallest absolute Gasteiger partial charge is 0.273 e. The Hall–Kier alpha value is -3.22. The first-order valence-electron chi connectivity index (χ1n) is 6.82. The Morgan fingerprint density at radius 2 is 1.61 bits per heavy atom. The van der Waals surface area contributed by atoms with E-state index in [1.165, 1.54) is 32.0 Å². The van der Waals surface area contributed by atoms with Crippen molar-refractivity contribution in [1.29, 1.82) is 0 Å². The Morgan fingerprint density at radius 3 is 2.17 bits per heavy atom. The van der Waals surface area contributed by atoms with Crippen molar-refractivity contribution in [3.05, 3.63) is 63.7 Å². The number of nitrogens with one attached hydrogen (secondary N) is 2. The Bertz CT molecular complexity index is 787. The molecular weight excluding hydrogens is 298 g/mol. The summed E-state index contributed by atoms with van der Waals surface area (Å²) in [7, 11) is 0. The summed E-state index contributed by atoms with van der Waals surface area (Å²) in [5.41, 5.74) is 1.24. The SMILES string of the molecule is CC(=O)Nc1ccccc1NC(=O)c1cccc([N+](=O)[O-])c1C. The lowest BCUT2D eigenvalue weighted by atomic mass is 10.1. The fourth-order valence-electron chi connectivity index (χ4n) is 2.15. The van der Waals surface area contributed by atoms with Crippen molar-refractivity contribution in [3.63, 3.8) is 0 Å². The van der Waals surface area contributed by atoms with Crippen molar-refractivity contribution in [2.45, 2.75) is 13.8 Å². The molecule has 118 valence electrons. The van der Waals surface area contributed by atoms with Gasteiger partial charge in [0.05, 0.1) is 16.3 Å². The molecule has 2 aromatic rings. The summed E-state index contributed by atoms with van der Waals surface area (Å²) >= 11 is 0. The molecule has 0 heterocycles. The van der Waals surface area contributed by atoms with Gasteiger partial charge in [0.1, 0.15) is 0 Å². The molecule has 0 aliphatic heterocycles. The molecule has 2 aromatic carbocycles. The molecule has 2 amide bonds. The second-order valence-electron chi connectivity index (χ2n) is 4.89. The molecular formula is C16H15N3O4. The van der Waals surface area contributed by atoms with Crippen LogP contribution in [0.15, 0.2) is 42.5 Å². The van der Waals surface area contributed by atoms with Gasteiger partial charge >= 0.3 is 0 Å². The highest BCUT2D eigenvalue weighted by Gasteiger charge is 2.18. The average Bonchev–Trinajstić information content (AvgIpc) is 2.48. The third-order valence-corrected chi connectivity index (χ3v) is 3.23. The summed E-state index contributed by atoms with van der Waals surface area (Å²) in [6.45, 7) is 2.88. The van der Waals surface area contributed by atoms with Crippen LogP contribution >= 0.6 is 0 Å². The number of para-hydroxylation sites is 2. The Morgan fingerprint density at radius 1 is 1.00 bits per heavy atom. The molecule has 7 nitrogen and oxygen atoms in total. The van der Waals surface area contributed by atoms with Crippen LogP contribution in [-0.2, 0) is 4.79 Å². The standard InChI is InChI=1S/C16H15N3O4/c1-10-12(6-5-9-15(10)19(22)23)16(21)18-14-8-4-3-7-13(14)17-11(2)20/h3-9H,1-2H3,(H,17,20)(H,18,21). The van der Waals surface area contributed by atoms with Crippen molar-refractivity contribution in [3.8, 4) is 0 Å². The van der Waals surface area contributed by atoms with Gasteiger partial charge in [0.25, 0.3) is 11.6 Å². The van der Waals surface area contributed by atoms with E-state index >= 15 is 0 Å². The minimum absolute atomic E-state index is 0.118. The number of rotatable bonds is 4. The van der Waals surface area contributed by atoms with Crippen molar-refractivity contribution in [2.24, 2.45) is 0 Å². The maximum atomic E-state index is 12.4. The van der Waals surface area contributed by atoms with Crippen LogP contribution in [0.3, 0.4) is 0 Å². The van der Waals surface area contributed by atoms with Crippen molar-refractivity contribution in [2.75, 3.05) is 10.6 Å². The summed E-state index contributed by atoms with van der Waals surface area (Å²) < 4.78 is 0. The van der Waals surface area contributed by atoms with E-state index < -0.39 is 10.8 Å². The van der Waals surface area contributed by atoms with Crippen LogP contribution in [-0.4, -0.2) is 16.7 Å². The first-order valence-corrected chi connectivity index (χ1v) is 6.82. The third-order valence-electron chi connectivity index (χ3n) is 3.23. The van der Waals surface area contributed by atoms with E-state index in [0.717, 1.165) is 0 Å². The highest BCUT2D eigenvalue weighted by Crippen LogP contribution is 2.25. The van der Waals surface area contributed by atoms with Crippen LogP contribution in [0.4, 0.5) is 17.1 Å². The summed E-state index contributed by atoms with van der Waals surface area (Å²) in [6.07, 6.45) is 0. The predicted octanol–water partition coefficient (Wildman–Crippen LogP) is 3.11. The molecule has 2 N–H and O–H groups in total. The minimum atomic E-state index is -0.530. The molecule has 0 aromatic heterocycles. The first kappa shape index (κ1) is 16.2. The number of anilines is 2. The number of carbonyl (C=O) groups excluding carboxylic acids is 2.